The Kier molecular flexibility index (Phi) is 6.70. The molecule has 48 heavy (non-hydrogen) atoms. The van der Waals surface area contributed by atoms with Crippen molar-refractivity contribution in [3.05, 3.63) is 158 Å². The van der Waals surface area contributed by atoms with Crippen LogP contribution in [-0.4, -0.2) is 0 Å². The van der Waals surface area contributed by atoms with Crippen molar-refractivity contribution >= 4 is 85.7 Å². The molecular weight excluding hydrogens is 657 g/mol. The van der Waals surface area contributed by atoms with E-state index in [0.717, 1.165) is 0 Å². The number of thiophene rings is 4. The zero-order valence-electron chi connectivity index (χ0n) is 25.6. The molecule has 4 heterocycles. The third-order valence-electron chi connectivity index (χ3n) is 9.18. The lowest BCUT2D eigenvalue weighted by molar-refractivity contribution is 1.66. The molecule has 10 rings (SSSR count). The van der Waals surface area contributed by atoms with Gasteiger partial charge in [0.15, 0.2) is 0 Å². The molecule has 10 aromatic rings. The fourth-order valence-corrected chi connectivity index (χ4v) is 11.2. The number of hydrogen-bond acceptors (Lipinski definition) is 4. The van der Waals surface area contributed by atoms with E-state index >= 15 is 0 Å². The van der Waals surface area contributed by atoms with Gasteiger partial charge in [-0.25, -0.2) is 0 Å². The van der Waals surface area contributed by atoms with Crippen molar-refractivity contribution in [3.8, 4) is 52.9 Å². The van der Waals surface area contributed by atoms with Crippen LogP contribution in [0.2, 0.25) is 0 Å². The van der Waals surface area contributed by atoms with Crippen LogP contribution >= 0.6 is 45.3 Å². The summed E-state index contributed by atoms with van der Waals surface area (Å²) in [5.74, 6) is 0. The van der Waals surface area contributed by atoms with Crippen LogP contribution in [0.4, 0.5) is 0 Å². The predicted molar refractivity (Wildman–Crippen MR) is 215 cm³/mol. The number of hydrogen-bond donors (Lipinski definition) is 0. The molecule has 0 radical (unpaired) electrons. The minimum absolute atomic E-state index is 1.26. The Hall–Kier alpha value is -4.84. The Labute approximate surface area is 294 Å². The van der Waals surface area contributed by atoms with E-state index in [9.17, 15) is 0 Å². The zero-order valence-corrected chi connectivity index (χ0v) is 28.9. The van der Waals surface area contributed by atoms with Crippen molar-refractivity contribution in [2.24, 2.45) is 0 Å². The molecule has 0 N–H and O–H groups in total. The van der Waals surface area contributed by atoms with E-state index < -0.39 is 0 Å². The van der Waals surface area contributed by atoms with Crippen LogP contribution in [0.5, 0.6) is 0 Å². The van der Waals surface area contributed by atoms with Crippen molar-refractivity contribution in [2.75, 3.05) is 0 Å². The van der Waals surface area contributed by atoms with Crippen LogP contribution in [0.25, 0.3) is 93.2 Å². The molecule has 4 heteroatoms. The van der Waals surface area contributed by atoms with Crippen molar-refractivity contribution < 1.29 is 0 Å². The minimum atomic E-state index is 1.26. The molecule has 0 fully saturated rings. The third kappa shape index (κ3) is 4.84. The van der Waals surface area contributed by atoms with Crippen LogP contribution in [0, 0.1) is 0 Å². The van der Waals surface area contributed by atoms with Gasteiger partial charge in [-0.2, -0.15) is 0 Å². The lowest BCUT2D eigenvalue weighted by Crippen LogP contribution is -1.76. The predicted octanol–water partition coefficient (Wildman–Crippen LogP) is 14.9. The van der Waals surface area contributed by atoms with Gasteiger partial charge >= 0.3 is 0 Å². The van der Waals surface area contributed by atoms with Crippen molar-refractivity contribution in [3.63, 3.8) is 0 Å². The summed E-state index contributed by atoms with van der Waals surface area (Å²) in [6.07, 6.45) is 0. The van der Waals surface area contributed by atoms with E-state index in [2.05, 4.69) is 158 Å². The van der Waals surface area contributed by atoms with Gasteiger partial charge in [0, 0.05) is 59.9 Å². The smallest absolute Gasteiger partial charge is 0.0449 e. The van der Waals surface area contributed by atoms with Crippen LogP contribution in [0.3, 0.4) is 0 Å². The van der Waals surface area contributed by atoms with E-state index in [0.29, 0.717) is 0 Å². The Morgan fingerprint density at radius 3 is 0.958 bits per heavy atom. The van der Waals surface area contributed by atoms with Crippen molar-refractivity contribution in [1.82, 2.24) is 0 Å². The Balaban J connectivity index is 0.937. The van der Waals surface area contributed by atoms with E-state index in [1.165, 1.54) is 93.2 Å². The van der Waals surface area contributed by atoms with E-state index in [4.69, 9.17) is 0 Å². The summed E-state index contributed by atoms with van der Waals surface area (Å²) < 4.78 is 5.36. The van der Waals surface area contributed by atoms with Gasteiger partial charge in [0.2, 0.25) is 0 Å². The number of benzene rings is 6. The normalized spacial score (nSPS) is 11.8. The van der Waals surface area contributed by atoms with Gasteiger partial charge in [-0.05, 0) is 81.9 Å². The first-order valence-electron chi connectivity index (χ1n) is 16.0. The molecule has 0 saturated heterocycles. The number of fused-ring (bicyclic) bond motifs is 6. The van der Waals surface area contributed by atoms with Gasteiger partial charge in [-0.15, -0.1) is 45.3 Å². The Morgan fingerprint density at radius 2 is 0.562 bits per heavy atom. The highest BCUT2D eigenvalue weighted by Crippen LogP contribution is 2.44. The molecule has 0 atom stereocenters. The lowest BCUT2D eigenvalue weighted by Gasteiger charge is -2.01. The first-order valence-corrected chi connectivity index (χ1v) is 19.2. The molecule has 0 aliphatic rings. The highest BCUT2D eigenvalue weighted by atomic mass is 32.1. The summed E-state index contributed by atoms with van der Waals surface area (Å²) >= 11 is 7.55. The van der Waals surface area contributed by atoms with Gasteiger partial charge in [0.1, 0.15) is 0 Å². The maximum atomic E-state index is 2.38. The molecule has 0 spiro atoms. The fourth-order valence-electron chi connectivity index (χ4n) is 6.73. The molecule has 0 nitrogen and oxygen atoms in total. The molecule has 4 aromatic heterocycles. The monoisotopic (exact) mass is 682 g/mol. The second-order valence-corrected chi connectivity index (χ2v) is 16.4. The van der Waals surface area contributed by atoms with Gasteiger partial charge in [-0.3, -0.25) is 0 Å². The summed E-state index contributed by atoms with van der Waals surface area (Å²) in [6.45, 7) is 0. The van der Waals surface area contributed by atoms with Gasteiger partial charge < -0.3 is 0 Å². The van der Waals surface area contributed by atoms with Gasteiger partial charge in [0.05, 0.1) is 0 Å². The molecule has 6 aromatic carbocycles. The van der Waals surface area contributed by atoms with Crippen molar-refractivity contribution in [1.29, 1.82) is 0 Å². The van der Waals surface area contributed by atoms with Crippen LogP contribution < -0.4 is 0 Å². The maximum absolute atomic E-state index is 2.38. The average molecular weight is 683 g/mol. The van der Waals surface area contributed by atoms with Gasteiger partial charge in [0.25, 0.3) is 0 Å². The largest absolute Gasteiger partial charge is 0.135 e. The highest BCUT2D eigenvalue weighted by molar-refractivity contribution is 7.27. The molecule has 0 saturated carbocycles. The minimum Gasteiger partial charge on any atom is -0.135 e. The molecule has 0 bridgehead atoms. The molecule has 226 valence electrons. The maximum Gasteiger partial charge on any atom is 0.0449 e. The van der Waals surface area contributed by atoms with E-state index in [1.807, 2.05) is 45.3 Å². The Bertz CT molecular complexity index is 2580. The zero-order chi connectivity index (χ0) is 31.6. The second kappa shape index (κ2) is 11.4. The average Bonchev–Trinajstić information content (AvgIpc) is 3.95. The van der Waals surface area contributed by atoms with E-state index in [1.54, 1.807) is 0 Å². The summed E-state index contributed by atoms with van der Waals surface area (Å²) in [5.41, 5.74) is 7.65. The summed E-state index contributed by atoms with van der Waals surface area (Å²) in [6, 6.07) is 58.2. The standard InChI is InChI=1S/C44H26S4/c1-3-7-27(8-4-1)29-11-15-33-35-17-13-31(25-43(35)47-41(33)23-29)37-19-21-39(45-37)40-22-20-38(46-40)32-14-18-36-34-16-12-30(28-9-5-2-6-10-28)24-42(34)48-44(36)26-32/h1-26H. The van der Waals surface area contributed by atoms with Crippen molar-refractivity contribution in [2.45, 2.75) is 0 Å². The molecular formula is C44H26S4. The van der Waals surface area contributed by atoms with Crippen LogP contribution in [-0.2, 0) is 0 Å². The van der Waals surface area contributed by atoms with Gasteiger partial charge in [-0.1, -0.05) is 109 Å². The van der Waals surface area contributed by atoms with E-state index in [-0.39, 0.29) is 0 Å². The SMILES string of the molecule is c1ccc(-c2ccc3c(c2)sc2cc(-c4ccc(-c5ccc(-c6ccc7c(c6)sc6cc(-c8ccccc8)ccc67)s5)s4)ccc23)cc1. The molecule has 0 unspecified atom stereocenters. The molecule has 0 aliphatic carbocycles. The first-order chi connectivity index (χ1) is 23.7. The first kappa shape index (κ1) is 28.2. The Morgan fingerprint density at radius 1 is 0.229 bits per heavy atom. The highest BCUT2D eigenvalue weighted by Gasteiger charge is 2.14. The topological polar surface area (TPSA) is 0 Å². The summed E-state index contributed by atoms with van der Waals surface area (Å²) in [4.78, 5) is 5.26. The quantitative estimate of drug-likeness (QED) is 0.169. The summed E-state index contributed by atoms with van der Waals surface area (Å²) in [7, 11) is 0. The molecule has 0 aliphatic heterocycles. The van der Waals surface area contributed by atoms with Crippen LogP contribution in [0.15, 0.2) is 158 Å². The fraction of sp³-hybridized carbons (Fsp3) is 0. The number of rotatable bonds is 5. The van der Waals surface area contributed by atoms with Crippen LogP contribution in [0.1, 0.15) is 0 Å². The second-order valence-electron chi connectivity index (χ2n) is 12.1. The lowest BCUT2D eigenvalue weighted by atomic mass is 10.0. The molecule has 0 amide bonds. The third-order valence-corrected chi connectivity index (χ3v) is 13.9. The summed E-state index contributed by atoms with van der Waals surface area (Å²) in [5, 5.41) is 5.35.